The number of ether oxygens (including phenoxy) is 5. The maximum Gasteiger partial charge on any atom is 0.302 e. The third-order valence-electron chi connectivity index (χ3n) is 3.01. The van der Waals surface area contributed by atoms with Crippen LogP contribution in [0.2, 0.25) is 0 Å². The lowest BCUT2D eigenvalue weighted by molar-refractivity contribution is -0.142. The van der Waals surface area contributed by atoms with E-state index in [2.05, 4.69) is 0 Å². The molecule has 0 N–H and O–H groups in total. The van der Waals surface area contributed by atoms with Gasteiger partial charge in [0.25, 0.3) is 11.8 Å². The summed E-state index contributed by atoms with van der Waals surface area (Å²) < 4.78 is 25.8. The minimum atomic E-state index is -0.323. The Bertz CT molecular complexity index is 433. The van der Waals surface area contributed by atoms with Gasteiger partial charge in [-0.3, -0.25) is 19.3 Å². The summed E-state index contributed by atoms with van der Waals surface area (Å²) in [4.78, 5) is 34.2. The zero-order valence-corrected chi connectivity index (χ0v) is 14.4. The highest BCUT2D eigenvalue weighted by Crippen LogP contribution is 2.02. The number of imide groups is 1. The second-order valence-electron chi connectivity index (χ2n) is 4.95. The summed E-state index contributed by atoms with van der Waals surface area (Å²) in [5.74, 6) is -0.939. The van der Waals surface area contributed by atoms with Crippen LogP contribution in [0.3, 0.4) is 0 Å². The molecule has 1 aliphatic rings. The molecule has 0 atom stereocenters. The Balaban J connectivity index is 1.75. The standard InChI is InChI=1S/C16H25NO8/c1-14(18)25-13-12-24-11-10-23-9-8-22-7-6-21-5-4-17-15(19)2-3-16(17)20/h2-3H,4-13H2,1H3. The minimum absolute atomic E-state index is 0.241. The number of hydrogen-bond acceptors (Lipinski definition) is 8. The van der Waals surface area contributed by atoms with Crippen molar-refractivity contribution in [3.05, 3.63) is 12.2 Å². The summed E-state index contributed by atoms with van der Waals surface area (Å²) in [7, 11) is 0. The SMILES string of the molecule is CC(=O)OCCOCCOCCOCCOCCN1C(=O)C=CC1=O. The zero-order valence-electron chi connectivity index (χ0n) is 14.4. The van der Waals surface area contributed by atoms with Gasteiger partial charge in [0.2, 0.25) is 0 Å². The molecular weight excluding hydrogens is 334 g/mol. The molecule has 0 aromatic carbocycles. The van der Waals surface area contributed by atoms with Gasteiger partial charge in [0, 0.05) is 19.1 Å². The first-order chi connectivity index (χ1) is 12.1. The fraction of sp³-hybridized carbons (Fsp3) is 0.688. The van der Waals surface area contributed by atoms with E-state index in [1.165, 1.54) is 19.1 Å². The summed E-state index contributed by atoms with van der Waals surface area (Å²) >= 11 is 0. The maximum absolute atomic E-state index is 11.3. The molecule has 0 saturated carbocycles. The minimum Gasteiger partial charge on any atom is -0.463 e. The molecule has 0 saturated heterocycles. The predicted octanol–water partition coefficient (Wildman–Crippen LogP) is -0.459. The zero-order chi connectivity index (χ0) is 18.3. The van der Waals surface area contributed by atoms with Crippen molar-refractivity contribution >= 4 is 17.8 Å². The summed E-state index contributed by atoms with van der Waals surface area (Å²) in [6.07, 6.45) is 2.49. The first-order valence-electron chi connectivity index (χ1n) is 8.09. The van der Waals surface area contributed by atoms with Crippen LogP contribution in [0.5, 0.6) is 0 Å². The van der Waals surface area contributed by atoms with E-state index >= 15 is 0 Å². The first-order valence-corrected chi connectivity index (χ1v) is 8.09. The van der Waals surface area contributed by atoms with Crippen LogP contribution in [0.1, 0.15) is 6.92 Å². The van der Waals surface area contributed by atoms with E-state index in [1.807, 2.05) is 0 Å². The molecule has 0 unspecified atom stereocenters. The number of nitrogens with zero attached hydrogens (tertiary/aromatic N) is 1. The quantitative estimate of drug-likeness (QED) is 0.220. The normalized spacial score (nSPS) is 13.7. The summed E-state index contributed by atoms with van der Waals surface area (Å²) in [6, 6.07) is 0. The molecule has 25 heavy (non-hydrogen) atoms. The molecule has 0 aromatic rings. The van der Waals surface area contributed by atoms with Gasteiger partial charge in [-0.15, -0.1) is 0 Å². The fourth-order valence-electron chi connectivity index (χ4n) is 1.81. The highest BCUT2D eigenvalue weighted by atomic mass is 16.6. The molecule has 142 valence electrons. The number of carbonyl (C=O) groups excluding carboxylic acids is 3. The topological polar surface area (TPSA) is 101 Å². The molecule has 1 heterocycles. The Morgan fingerprint density at radius 2 is 1.16 bits per heavy atom. The van der Waals surface area contributed by atoms with Gasteiger partial charge in [-0.2, -0.15) is 0 Å². The van der Waals surface area contributed by atoms with Crippen molar-refractivity contribution < 1.29 is 38.1 Å². The monoisotopic (exact) mass is 359 g/mol. The summed E-state index contributed by atoms with van der Waals surface area (Å²) in [5.41, 5.74) is 0. The Hall–Kier alpha value is -1.81. The van der Waals surface area contributed by atoms with Gasteiger partial charge in [0.15, 0.2) is 0 Å². The van der Waals surface area contributed by atoms with Crippen molar-refractivity contribution in [1.82, 2.24) is 4.90 Å². The molecule has 0 spiro atoms. The highest BCUT2D eigenvalue weighted by Gasteiger charge is 2.22. The van der Waals surface area contributed by atoms with Crippen LogP contribution >= 0.6 is 0 Å². The van der Waals surface area contributed by atoms with E-state index in [9.17, 15) is 14.4 Å². The number of hydrogen-bond donors (Lipinski definition) is 0. The molecule has 0 aromatic heterocycles. The molecule has 0 fully saturated rings. The Morgan fingerprint density at radius 1 is 0.760 bits per heavy atom. The van der Waals surface area contributed by atoms with Crippen molar-refractivity contribution in [2.75, 3.05) is 66.0 Å². The molecule has 1 rings (SSSR count). The van der Waals surface area contributed by atoms with Crippen molar-refractivity contribution in [1.29, 1.82) is 0 Å². The lowest BCUT2D eigenvalue weighted by Gasteiger charge is -2.13. The number of esters is 1. The number of rotatable bonds is 15. The molecule has 0 aliphatic carbocycles. The fourth-order valence-corrected chi connectivity index (χ4v) is 1.81. The molecule has 1 aliphatic heterocycles. The van der Waals surface area contributed by atoms with Gasteiger partial charge in [-0.1, -0.05) is 0 Å². The van der Waals surface area contributed by atoms with E-state index in [-0.39, 0.29) is 37.5 Å². The predicted molar refractivity (Wildman–Crippen MR) is 85.8 cm³/mol. The van der Waals surface area contributed by atoms with Gasteiger partial charge in [-0.05, 0) is 0 Å². The van der Waals surface area contributed by atoms with E-state index in [0.717, 1.165) is 4.90 Å². The second kappa shape index (κ2) is 13.5. The molecule has 9 heteroatoms. The van der Waals surface area contributed by atoms with Crippen molar-refractivity contribution in [3.8, 4) is 0 Å². The number of carbonyl (C=O) groups is 3. The highest BCUT2D eigenvalue weighted by molar-refractivity contribution is 6.12. The first kappa shape index (κ1) is 21.2. The largest absolute Gasteiger partial charge is 0.463 e. The third-order valence-corrected chi connectivity index (χ3v) is 3.01. The number of amides is 2. The van der Waals surface area contributed by atoms with Crippen LogP contribution in [0, 0.1) is 0 Å². The third kappa shape index (κ3) is 10.6. The second-order valence-corrected chi connectivity index (χ2v) is 4.95. The lowest BCUT2D eigenvalue weighted by atomic mass is 10.5. The van der Waals surface area contributed by atoms with E-state index < -0.39 is 0 Å². The van der Waals surface area contributed by atoms with Gasteiger partial charge >= 0.3 is 5.97 Å². The molecule has 0 radical (unpaired) electrons. The van der Waals surface area contributed by atoms with Crippen molar-refractivity contribution in [2.45, 2.75) is 6.92 Å². The van der Waals surface area contributed by atoms with Crippen LogP contribution in [0.4, 0.5) is 0 Å². The average Bonchev–Trinajstić information content (AvgIpc) is 2.89. The van der Waals surface area contributed by atoms with Crippen LogP contribution in [0.15, 0.2) is 12.2 Å². The van der Waals surface area contributed by atoms with Gasteiger partial charge in [-0.25, -0.2) is 0 Å². The molecule has 2 amide bonds. The Morgan fingerprint density at radius 3 is 1.60 bits per heavy atom. The van der Waals surface area contributed by atoms with Gasteiger partial charge < -0.3 is 23.7 Å². The molecule has 9 nitrogen and oxygen atoms in total. The van der Waals surface area contributed by atoms with Gasteiger partial charge in [0.1, 0.15) is 6.61 Å². The van der Waals surface area contributed by atoms with Crippen LogP contribution in [-0.4, -0.2) is 88.7 Å². The van der Waals surface area contributed by atoms with Crippen LogP contribution in [-0.2, 0) is 38.1 Å². The lowest BCUT2D eigenvalue weighted by Crippen LogP contribution is -2.33. The average molecular weight is 359 g/mol. The maximum atomic E-state index is 11.3. The summed E-state index contributed by atoms with van der Waals surface area (Å²) in [6.45, 7) is 4.98. The van der Waals surface area contributed by atoms with E-state index in [0.29, 0.717) is 46.2 Å². The van der Waals surface area contributed by atoms with Gasteiger partial charge in [0.05, 0.1) is 59.4 Å². The van der Waals surface area contributed by atoms with E-state index in [1.54, 1.807) is 0 Å². The van der Waals surface area contributed by atoms with Crippen molar-refractivity contribution in [3.63, 3.8) is 0 Å². The van der Waals surface area contributed by atoms with Crippen LogP contribution in [0.25, 0.3) is 0 Å². The smallest absolute Gasteiger partial charge is 0.302 e. The molecule has 0 bridgehead atoms. The van der Waals surface area contributed by atoms with Crippen molar-refractivity contribution in [2.24, 2.45) is 0 Å². The van der Waals surface area contributed by atoms with Crippen LogP contribution < -0.4 is 0 Å². The Kier molecular flexibility index (Phi) is 11.4. The Labute approximate surface area is 146 Å². The summed E-state index contributed by atoms with van der Waals surface area (Å²) in [5, 5.41) is 0. The van der Waals surface area contributed by atoms with E-state index in [4.69, 9.17) is 23.7 Å². The molecular formula is C16H25NO8.